The van der Waals surface area contributed by atoms with Gasteiger partial charge in [-0.05, 0) is 49.6 Å². The second-order valence-corrected chi connectivity index (χ2v) is 8.73. The highest BCUT2D eigenvalue weighted by Gasteiger charge is 2.33. The van der Waals surface area contributed by atoms with E-state index in [-0.39, 0.29) is 23.7 Å². The Morgan fingerprint density at radius 1 is 1.14 bits per heavy atom. The fourth-order valence-corrected chi connectivity index (χ4v) is 4.69. The number of carbonyl (C=O) groups excluding carboxylic acids is 2. The van der Waals surface area contributed by atoms with E-state index in [4.69, 9.17) is 9.15 Å². The van der Waals surface area contributed by atoms with Gasteiger partial charge in [-0.15, -0.1) is 0 Å². The zero-order valence-electron chi connectivity index (χ0n) is 16.7. The first kappa shape index (κ1) is 22.6. The van der Waals surface area contributed by atoms with Gasteiger partial charge in [0.1, 0.15) is 11.0 Å². The molecule has 0 aliphatic carbocycles. The van der Waals surface area contributed by atoms with Crippen molar-refractivity contribution in [2.24, 2.45) is 0 Å². The predicted molar refractivity (Wildman–Crippen MR) is 107 cm³/mol. The fraction of sp³-hybridized carbons (Fsp3) is 0.400. The van der Waals surface area contributed by atoms with Crippen molar-refractivity contribution >= 4 is 21.7 Å². The van der Waals surface area contributed by atoms with Gasteiger partial charge in [-0.3, -0.25) is 9.59 Å². The summed E-state index contributed by atoms with van der Waals surface area (Å²) in [6, 6.07) is 8.25. The van der Waals surface area contributed by atoms with Gasteiger partial charge in [0.2, 0.25) is 0 Å². The normalized spacial score (nSPS) is 12.4. The molecular weight excluding hydrogens is 396 g/mol. The number of carbonyl (C=O) groups is 2. The number of ether oxygens (including phenoxy) is 1. The van der Waals surface area contributed by atoms with Crippen LogP contribution in [0.25, 0.3) is 0 Å². The molecule has 2 amide bonds. The maximum Gasteiger partial charge on any atom is 0.309 e. The molecule has 1 aromatic carbocycles. The van der Waals surface area contributed by atoms with E-state index in [0.29, 0.717) is 18.6 Å². The molecular formula is C20H26N2O6S. The number of furan rings is 1. The van der Waals surface area contributed by atoms with Crippen LogP contribution in [-0.4, -0.2) is 47.0 Å². The fourth-order valence-electron chi connectivity index (χ4n) is 2.77. The number of benzene rings is 1. The third-order valence-electron chi connectivity index (χ3n) is 4.35. The maximum absolute atomic E-state index is 13.3. The van der Waals surface area contributed by atoms with E-state index in [1.807, 2.05) is 6.07 Å². The minimum atomic E-state index is -3.88. The van der Waals surface area contributed by atoms with Crippen LogP contribution < -0.4 is 10.6 Å². The first-order valence-corrected chi connectivity index (χ1v) is 10.7. The molecule has 8 nitrogen and oxygen atoms in total. The van der Waals surface area contributed by atoms with Crippen LogP contribution in [0.3, 0.4) is 0 Å². The highest BCUT2D eigenvalue weighted by Crippen LogP contribution is 2.31. The van der Waals surface area contributed by atoms with Crippen molar-refractivity contribution in [1.29, 1.82) is 0 Å². The highest BCUT2D eigenvalue weighted by molar-refractivity contribution is 7.91. The lowest BCUT2D eigenvalue weighted by Crippen LogP contribution is -2.42. The van der Waals surface area contributed by atoms with Gasteiger partial charge in [0.05, 0.1) is 11.2 Å². The maximum atomic E-state index is 13.3. The summed E-state index contributed by atoms with van der Waals surface area (Å²) in [4.78, 5) is 24.1. The van der Waals surface area contributed by atoms with Crippen molar-refractivity contribution in [2.45, 2.75) is 30.4 Å². The molecule has 0 saturated carbocycles. The Bertz CT molecular complexity index is 938. The average molecular weight is 423 g/mol. The van der Waals surface area contributed by atoms with E-state index in [9.17, 15) is 18.0 Å². The molecule has 29 heavy (non-hydrogen) atoms. The van der Waals surface area contributed by atoms with Gasteiger partial charge in [-0.1, -0.05) is 12.1 Å². The van der Waals surface area contributed by atoms with Gasteiger partial charge in [-0.2, -0.15) is 0 Å². The second kappa shape index (κ2) is 10.2. The minimum Gasteiger partial charge on any atom is -0.468 e. The number of sulfone groups is 1. The van der Waals surface area contributed by atoms with E-state index in [1.165, 1.54) is 12.3 Å². The summed E-state index contributed by atoms with van der Waals surface area (Å²) in [5.74, 6) is -1.55. The van der Waals surface area contributed by atoms with E-state index in [0.717, 1.165) is 5.56 Å². The molecule has 2 rings (SSSR count). The molecule has 158 valence electrons. The zero-order chi connectivity index (χ0) is 21.4. The smallest absolute Gasteiger partial charge is 0.309 e. The monoisotopic (exact) mass is 422 g/mol. The van der Waals surface area contributed by atoms with Crippen molar-refractivity contribution in [3.63, 3.8) is 0 Å². The summed E-state index contributed by atoms with van der Waals surface area (Å²) in [5.41, 5.74) is 1.39. The van der Waals surface area contributed by atoms with Crippen LogP contribution in [0.2, 0.25) is 0 Å². The number of aryl methyl sites for hydroxylation is 2. The SMILES string of the molecule is COCCCNC(=O)C(=O)NC[C@@H](c1ccco1)S(=O)(=O)c1cc(C)ccc1C. The van der Waals surface area contributed by atoms with Gasteiger partial charge in [0.25, 0.3) is 0 Å². The molecule has 9 heteroatoms. The molecule has 1 aromatic heterocycles. The lowest BCUT2D eigenvalue weighted by atomic mass is 10.2. The molecule has 2 N–H and O–H groups in total. The lowest BCUT2D eigenvalue weighted by molar-refractivity contribution is -0.139. The number of hydrogen-bond donors (Lipinski definition) is 2. The third kappa shape index (κ3) is 5.91. The summed E-state index contributed by atoms with van der Waals surface area (Å²) in [6.45, 7) is 3.94. The van der Waals surface area contributed by atoms with E-state index in [1.54, 1.807) is 39.2 Å². The standard InChI is InChI=1S/C20H26N2O6S/c1-14-7-8-15(2)17(12-14)29(25,26)18(16-6-4-11-28-16)13-22-20(24)19(23)21-9-5-10-27-3/h4,6-8,11-12,18H,5,9-10,13H2,1-3H3,(H,21,23)(H,22,24)/t18-/m0/s1. The minimum absolute atomic E-state index is 0.164. The molecule has 0 aliphatic heterocycles. The number of hydrogen-bond acceptors (Lipinski definition) is 6. The molecule has 1 heterocycles. The molecule has 0 bridgehead atoms. The van der Waals surface area contributed by atoms with Crippen LogP contribution in [0, 0.1) is 13.8 Å². The molecule has 1 atom stereocenters. The van der Waals surface area contributed by atoms with Crippen molar-refractivity contribution in [3.8, 4) is 0 Å². The van der Waals surface area contributed by atoms with Gasteiger partial charge in [0, 0.05) is 26.8 Å². The Labute approximate surface area is 170 Å². The van der Waals surface area contributed by atoms with E-state index >= 15 is 0 Å². The molecule has 0 spiro atoms. The van der Waals surface area contributed by atoms with Crippen molar-refractivity contribution in [1.82, 2.24) is 10.6 Å². The number of rotatable bonds is 9. The third-order valence-corrected chi connectivity index (χ3v) is 6.55. The summed E-state index contributed by atoms with van der Waals surface area (Å²) in [5, 5.41) is 3.70. The van der Waals surface area contributed by atoms with Gasteiger partial charge in [0.15, 0.2) is 9.84 Å². The first-order valence-electron chi connectivity index (χ1n) is 9.17. The summed E-state index contributed by atoms with van der Waals surface area (Å²) in [6.07, 6.45) is 1.93. The summed E-state index contributed by atoms with van der Waals surface area (Å²) in [7, 11) is -2.34. The second-order valence-electron chi connectivity index (χ2n) is 6.63. The summed E-state index contributed by atoms with van der Waals surface area (Å²) < 4.78 is 36.8. The van der Waals surface area contributed by atoms with Gasteiger partial charge >= 0.3 is 11.8 Å². The Morgan fingerprint density at radius 3 is 2.52 bits per heavy atom. The molecule has 0 radical (unpaired) electrons. The van der Waals surface area contributed by atoms with Crippen LogP contribution in [0.15, 0.2) is 45.9 Å². The Hall–Kier alpha value is -2.65. The molecule has 0 saturated heterocycles. The van der Waals surface area contributed by atoms with Gasteiger partial charge < -0.3 is 19.8 Å². The quantitative estimate of drug-likeness (QED) is 0.469. The van der Waals surface area contributed by atoms with Crippen LogP contribution >= 0.6 is 0 Å². The molecule has 0 aliphatic rings. The Balaban J connectivity index is 2.17. The number of nitrogens with one attached hydrogen (secondary N) is 2. The van der Waals surface area contributed by atoms with Crippen LogP contribution in [0.4, 0.5) is 0 Å². The molecule has 0 fully saturated rings. The highest BCUT2D eigenvalue weighted by atomic mass is 32.2. The Morgan fingerprint density at radius 2 is 1.86 bits per heavy atom. The van der Waals surface area contributed by atoms with Crippen molar-refractivity contribution in [3.05, 3.63) is 53.5 Å². The number of methoxy groups -OCH3 is 1. The van der Waals surface area contributed by atoms with E-state index < -0.39 is 26.9 Å². The van der Waals surface area contributed by atoms with Gasteiger partial charge in [-0.25, -0.2) is 8.42 Å². The van der Waals surface area contributed by atoms with Crippen LogP contribution in [0.1, 0.15) is 28.6 Å². The van der Waals surface area contributed by atoms with Crippen molar-refractivity contribution < 1.29 is 27.2 Å². The Kier molecular flexibility index (Phi) is 7.98. The molecule has 0 unspecified atom stereocenters. The predicted octanol–water partition coefficient (Wildman–Crippen LogP) is 1.68. The number of amides is 2. The van der Waals surface area contributed by atoms with Crippen molar-refractivity contribution in [2.75, 3.05) is 26.8 Å². The molecule has 2 aromatic rings. The zero-order valence-corrected chi connectivity index (χ0v) is 17.5. The first-order chi connectivity index (χ1) is 13.8. The lowest BCUT2D eigenvalue weighted by Gasteiger charge is -2.18. The van der Waals surface area contributed by atoms with Crippen LogP contribution in [-0.2, 0) is 24.2 Å². The largest absolute Gasteiger partial charge is 0.468 e. The average Bonchev–Trinajstić information content (AvgIpc) is 3.21. The van der Waals surface area contributed by atoms with E-state index in [2.05, 4.69) is 10.6 Å². The topological polar surface area (TPSA) is 115 Å². The summed E-state index contributed by atoms with van der Waals surface area (Å²) >= 11 is 0. The van der Waals surface area contributed by atoms with Crippen LogP contribution in [0.5, 0.6) is 0 Å².